The van der Waals surface area contributed by atoms with E-state index in [0.717, 1.165) is 12.1 Å². The molecule has 1 unspecified atom stereocenters. The lowest BCUT2D eigenvalue weighted by Crippen LogP contribution is -2.55. The van der Waals surface area contributed by atoms with Crippen molar-refractivity contribution in [1.29, 1.82) is 0 Å². The maximum Gasteiger partial charge on any atom is 0.0224 e. The molecule has 0 aromatic rings. The highest BCUT2D eigenvalue weighted by atomic mass is 15.2. The highest BCUT2D eigenvalue weighted by Crippen LogP contribution is 2.25. The Hall–Kier alpha value is -0.0800. The molecule has 1 saturated heterocycles. The van der Waals surface area contributed by atoms with Gasteiger partial charge in [0.25, 0.3) is 0 Å². The lowest BCUT2D eigenvalue weighted by Gasteiger charge is -2.41. The van der Waals surface area contributed by atoms with E-state index in [1.54, 1.807) is 0 Å². The zero-order chi connectivity index (χ0) is 11.2. The fraction of sp³-hybridized carbons (Fsp3) is 1.00. The molecule has 2 rings (SSSR count). The minimum absolute atomic E-state index is 0.821. The Bertz CT molecular complexity index is 183. The number of nitrogens with zero attached hydrogens (tertiary/aromatic N) is 1. The molecule has 2 aliphatic rings. The summed E-state index contributed by atoms with van der Waals surface area (Å²) in [6.45, 7) is 6.04. The molecule has 1 aliphatic heterocycles. The molecular formula is C14H28N2. The van der Waals surface area contributed by atoms with Crippen LogP contribution in [0, 0.1) is 0 Å². The molecule has 1 atom stereocenters. The molecule has 0 bridgehead atoms. The zero-order valence-corrected chi connectivity index (χ0v) is 10.9. The Morgan fingerprint density at radius 3 is 2.56 bits per heavy atom. The molecule has 16 heavy (non-hydrogen) atoms. The monoisotopic (exact) mass is 224 g/mol. The van der Waals surface area contributed by atoms with Gasteiger partial charge in [0.1, 0.15) is 0 Å². The van der Waals surface area contributed by atoms with Gasteiger partial charge in [-0.3, -0.25) is 4.90 Å². The van der Waals surface area contributed by atoms with Gasteiger partial charge in [0, 0.05) is 31.7 Å². The van der Waals surface area contributed by atoms with Gasteiger partial charge in [-0.15, -0.1) is 0 Å². The lowest BCUT2D eigenvalue weighted by atomic mass is 10.0. The van der Waals surface area contributed by atoms with Crippen LogP contribution in [0.15, 0.2) is 0 Å². The highest BCUT2D eigenvalue weighted by molar-refractivity contribution is 4.85. The number of hydrogen-bond acceptors (Lipinski definition) is 2. The van der Waals surface area contributed by atoms with Gasteiger partial charge in [0.05, 0.1) is 0 Å². The van der Waals surface area contributed by atoms with Crippen molar-refractivity contribution in [3.63, 3.8) is 0 Å². The molecule has 2 fully saturated rings. The maximum absolute atomic E-state index is 3.56. The van der Waals surface area contributed by atoms with E-state index in [9.17, 15) is 0 Å². The molecule has 2 nitrogen and oxygen atoms in total. The molecule has 0 aromatic heterocycles. The van der Waals surface area contributed by atoms with Crippen LogP contribution in [0.4, 0.5) is 0 Å². The minimum Gasteiger partial charge on any atom is -0.314 e. The van der Waals surface area contributed by atoms with E-state index in [2.05, 4.69) is 17.1 Å². The second kappa shape index (κ2) is 6.61. The summed E-state index contributed by atoms with van der Waals surface area (Å²) in [6, 6.07) is 1.72. The van der Waals surface area contributed by atoms with Crippen molar-refractivity contribution in [2.45, 2.75) is 70.4 Å². The summed E-state index contributed by atoms with van der Waals surface area (Å²) in [6.07, 6.45) is 11.5. The van der Waals surface area contributed by atoms with Crippen molar-refractivity contribution < 1.29 is 0 Å². The molecule has 0 aromatic carbocycles. The van der Waals surface area contributed by atoms with E-state index >= 15 is 0 Å². The molecule has 1 saturated carbocycles. The Balaban J connectivity index is 1.92. The molecule has 94 valence electrons. The molecule has 0 spiro atoms. The third kappa shape index (κ3) is 3.21. The minimum atomic E-state index is 0.821. The first-order valence-corrected chi connectivity index (χ1v) is 7.38. The topological polar surface area (TPSA) is 15.3 Å². The van der Waals surface area contributed by atoms with Crippen LogP contribution in [0.2, 0.25) is 0 Å². The van der Waals surface area contributed by atoms with Gasteiger partial charge in [-0.2, -0.15) is 0 Å². The first-order chi connectivity index (χ1) is 7.92. The third-order valence-electron chi connectivity index (χ3n) is 4.31. The van der Waals surface area contributed by atoms with Gasteiger partial charge in [0.15, 0.2) is 0 Å². The van der Waals surface area contributed by atoms with Gasteiger partial charge in [0.2, 0.25) is 0 Å². The van der Waals surface area contributed by atoms with Crippen molar-refractivity contribution in [2.75, 3.05) is 19.6 Å². The molecule has 1 N–H and O–H groups in total. The van der Waals surface area contributed by atoms with Crippen molar-refractivity contribution in [1.82, 2.24) is 10.2 Å². The van der Waals surface area contributed by atoms with Crippen LogP contribution < -0.4 is 5.32 Å². The van der Waals surface area contributed by atoms with Crippen LogP contribution in [0.25, 0.3) is 0 Å². The van der Waals surface area contributed by atoms with Crippen molar-refractivity contribution >= 4 is 0 Å². The van der Waals surface area contributed by atoms with E-state index in [1.165, 1.54) is 71.0 Å². The Morgan fingerprint density at radius 2 is 1.88 bits per heavy atom. The van der Waals surface area contributed by atoms with E-state index in [0.29, 0.717) is 0 Å². The number of piperazine rings is 1. The van der Waals surface area contributed by atoms with Crippen molar-refractivity contribution in [2.24, 2.45) is 0 Å². The van der Waals surface area contributed by atoms with Gasteiger partial charge in [-0.25, -0.2) is 0 Å². The summed E-state index contributed by atoms with van der Waals surface area (Å²) >= 11 is 0. The van der Waals surface area contributed by atoms with E-state index in [4.69, 9.17) is 0 Å². The summed E-state index contributed by atoms with van der Waals surface area (Å²) in [5.74, 6) is 0. The van der Waals surface area contributed by atoms with Crippen LogP contribution in [0.5, 0.6) is 0 Å². The van der Waals surface area contributed by atoms with Crippen LogP contribution in [-0.4, -0.2) is 36.6 Å². The second-order valence-corrected chi connectivity index (χ2v) is 5.53. The van der Waals surface area contributed by atoms with E-state index in [-0.39, 0.29) is 0 Å². The Labute approximate surface area is 101 Å². The fourth-order valence-electron chi connectivity index (χ4n) is 3.45. The molecule has 2 heteroatoms. The standard InChI is InChI=1S/C14H28N2/c1-2-7-14-12-15-10-11-16(14)13-8-5-3-4-6-9-13/h13-15H,2-12H2,1H3. The van der Waals surface area contributed by atoms with Crippen molar-refractivity contribution in [3.8, 4) is 0 Å². The van der Waals surface area contributed by atoms with Crippen LogP contribution in [0.3, 0.4) is 0 Å². The van der Waals surface area contributed by atoms with E-state index < -0.39 is 0 Å². The van der Waals surface area contributed by atoms with Crippen LogP contribution in [-0.2, 0) is 0 Å². The Kier molecular flexibility index (Phi) is 5.11. The summed E-state index contributed by atoms with van der Waals surface area (Å²) in [5.41, 5.74) is 0. The summed E-state index contributed by atoms with van der Waals surface area (Å²) in [4.78, 5) is 2.84. The summed E-state index contributed by atoms with van der Waals surface area (Å²) in [7, 11) is 0. The van der Waals surface area contributed by atoms with Crippen LogP contribution in [0.1, 0.15) is 58.3 Å². The predicted octanol–water partition coefficient (Wildman–Crippen LogP) is 2.78. The number of rotatable bonds is 3. The van der Waals surface area contributed by atoms with Crippen LogP contribution >= 0.6 is 0 Å². The Morgan fingerprint density at radius 1 is 1.12 bits per heavy atom. The van der Waals surface area contributed by atoms with Crippen molar-refractivity contribution in [3.05, 3.63) is 0 Å². The summed E-state index contributed by atoms with van der Waals surface area (Å²) < 4.78 is 0. The first-order valence-electron chi connectivity index (χ1n) is 7.38. The first kappa shape index (κ1) is 12.4. The molecule has 1 heterocycles. The molecule has 0 radical (unpaired) electrons. The fourth-order valence-corrected chi connectivity index (χ4v) is 3.45. The molecule has 0 amide bonds. The average molecular weight is 224 g/mol. The third-order valence-corrected chi connectivity index (χ3v) is 4.31. The largest absolute Gasteiger partial charge is 0.314 e. The SMILES string of the molecule is CCCC1CNCCN1C1CCCCCC1. The normalized spacial score (nSPS) is 30.2. The quantitative estimate of drug-likeness (QED) is 0.742. The average Bonchev–Trinajstić information content (AvgIpc) is 2.59. The predicted molar refractivity (Wildman–Crippen MR) is 69.8 cm³/mol. The second-order valence-electron chi connectivity index (χ2n) is 5.53. The summed E-state index contributed by atoms with van der Waals surface area (Å²) in [5, 5.41) is 3.56. The maximum atomic E-state index is 3.56. The number of nitrogens with one attached hydrogen (secondary N) is 1. The lowest BCUT2D eigenvalue weighted by molar-refractivity contribution is 0.0898. The van der Waals surface area contributed by atoms with Gasteiger partial charge in [-0.05, 0) is 19.3 Å². The van der Waals surface area contributed by atoms with E-state index in [1.807, 2.05) is 0 Å². The van der Waals surface area contributed by atoms with Gasteiger partial charge in [-0.1, -0.05) is 39.0 Å². The zero-order valence-electron chi connectivity index (χ0n) is 10.9. The smallest absolute Gasteiger partial charge is 0.0224 e. The molecule has 1 aliphatic carbocycles. The number of hydrogen-bond donors (Lipinski definition) is 1. The van der Waals surface area contributed by atoms with Gasteiger partial charge >= 0.3 is 0 Å². The highest BCUT2D eigenvalue weighted by Gasteiger charge is 2.28. The molecular weight excluding hydrogens is 196 g/mol. The van der Waals surface area contributed by atoms with Gasteiger partial charge < -0.3 is 5.32 Å².